The highest BCUT2D eigenvalue weighted by Gasteiger charge is 2.32. The summed E-state index contributed by atoms with van der Waals surface area (Å²) in [6.45, 7) is 4.56. The van der Waals surface area contributed by atoms with Crippen LogP contribution in [0.5, 0.6) is 0 Å². The SMILES string of the molecule is c1cncc(CNCCN2CCCC2C2CCCC2)c1. The second kappa shape index (κ2) is 7.19. The number of aromatic nitrogens is 1. The van der Waals surface area contributed by atoms with Crippen LogP contribution in [0.3, 0.4) is 0 Å². The minimum atomic E-state index is 0.887. The molecule has 0 bridgehead atoms. The van der Waals surface area contributed by atoms with Crippen molar-refractivity contribution >= 4 is 0 Å². The van der Waals surface area contributed by atoms with E-state index in [0.717, 1.165) is 25.0 Å². The first-order valence-electron chi connectivity index (χ1n) is 8.27. The Bertz CT molecular complexity index is 386. The summed E-state index contributed by atoms with van der Waals surface area (Å²) < 4.78 is 0. The molecule has 110 valence electrons. The molecule has 3 rings (SSSR count). The van der Waals surface area contributed by atoms with E-state index in [4.69, 9.17) is 0 Å². The third kappa shape index (κ3) is 3.58. The van der Waals surface area contributed by atoms with Gasteiger partial charge < -0.3 is 5.32 Å². The molecule has 3 nitrogen and oxygen atoms in total. The van der Waals surface area contributed by atoms with Gasteiger partial charge in [-0.15, -0.1) is 0 Å². The van der Waals surface area contributed by atoms with Gasteiger partial charge in [-0.25, -0.2) is 0 Å². The number of rotatable bonds is 6. The lowest BCUT2D eigenvalue weighted by Crippen LogP contribution is -2.39. The fraction of sp³-hybridized carbons (Fsp3) is 0.706. The van der Waals surface area contributed by atoms with Gasteiger partial charge in [0.05, 0.1) is 0 Å². The Hall–Kier alpha value is -0.930. The number of hydrogen-bond acceptors (Lipinski definition) is 3. The zero-order chi connectivity index (χ0) is 13.6. The molecule has 0 amide bonds. The molecule has 1 aliphatic carbocycles. The van der Waals surface area contributed by atoms with Crippen molar-refractivity contribution in [2.45, 2.75) is 51.1 Å². The average Bonchev–Trinajstić information content (AvgIpc) is 3.15. The lowest BCUT2D eigenvalue weighted by atomic mass is 9.96. The normalized spacial score (nSPS) is 24.5. The summed E-state index contributed by atoms with van der Waals surface area (Å²) in [5.41, 5.74) is 1.28. The van der Waals surface area contributed by atoms with Gasteiger partial charge >= 0.3 is 0 Å². The molecule has 1 unspecified atom stereocenters. The zero-order valence-electron chi connectivity index (χ0n) is 12.4. The highest BCUT2D eigenvalue weighted by atomic mass is 15.2. The smallest absolute Gasteiger partial charge is 0.0312 e. The molecule has 2 aliphatic rings. The Labute approximate surface area is 122 Å². The van der Waals surface area contributed by atoms with Crippen LogP contribution >= 0.6 is 0 Å². The maximum atomic E-state index is 4.15. The van der Waals surface area contributed by atoms with Crippen LogP contribution in [0.25, 0.3) is 0 Å². The minimum absolute atomic E-state index is 0.887. The van der Waals surface area contributed by atoms with Crippen molar-refractivity contribution in [3.63, 3.8) is 0 Å². The van der Waals surface area contributed by atoms with E-state index in [2.05, 4.69) is 21.3 Å². The van der Waals surface area contributed by atoms with Crippen LogP contribution < -0.4 is 5.32 Å². The lowest BCUT2D eigenvalue weighted by Gasteiger charge is -2.29. The molecular formula is C17H27N3. The Morgan fingerprint density at radius 1 is 1.20 bits per heavy atom. The third-order valence-electron chi connectivity index (χ3n) is 4.99. The van der Waals surface area contributed by atoms with Crippen LogP contribution in [-0.4, -0.2) is 35.6 Å². The van der Waals surface area contributed by atoms with Crippen molar-refractivity contribution in [1.82, 2.24) is 15.2 Å². The van der Waals surface area contributed by atoms with E-state index >= 15 is 0 Å². The predicted octanol–water partition coefficient (Wildman–Crippen LogP) is 2.83. The molecule has 1 atom stereocenters. The number of hydrogen-bond donors (Lipinski definition) is 1. The molecule has 1 aromatic heterocycles. The lowest BCUT2D eigenvalue weighted by molar-refractivity contribution is 0.191. The molecule has 1 N–H and O–H groups in total. The Morgan fingerprint density at radius 3 is 2.90 bits per heavy atom. The maximum absolute atomic E-state index is 4.15. The first-order chi connectivity index (χ1) is 9.93. The van der Waals surface area contributed by atoms with Gasteiger partial charge in [0.15, 0.2) is 0 Å². The van der Waals surface area contributed by atoms with Crippen molar-refractivity contribution in [2.75, 3.05) is 19.6 Å². The fourth-order valence-corrected chi connectivity index (χ4v) is 3.96. The van der Waals surface area contributed by atoms with Gasteiger partial charge in [0.1, 0.15) is 0 Å². The van der Waals surface area contributed by atoms with Gasteiger partial charge in [-0.05, 0) is 49.8 Å². The molecule has 2 heterocycles. The van der Waals surface area contributed by atoms with E-state index in [1.807, 2.05) is 18.5 Å². The number of nitrogens with one attached hydrogen (secondary N) is 1. The molecule has 1 aliphatic heterocycles. The van der Waals surface area contributed by atoms with Crippen LogP contribution in [0.1, 0.15) is 44.1 Å². The quantitative estimate of drug-likeness (QED) is 0.808. The van der Waals surface area contributed by atoms with E-state index in [1.54, 1.807) is 0 Å². The molecule has 1 saturated heterocycles. The van der Waals surface area contributed by atoms with Crippen molar-refractivity contribution in [2.24, 2.45) is 5.92 Å². The largest absolute Gasteiger partial charge is 0.311 e. The van der Waals surface area contributed by atoms with Crippen molar-refractivity contribution in [3.8, 4) is 0 Å². The van der Waals surface area contributed by atoms with Gasteiger partial charge in [0.2, 0.25) is 0 Å². The van der Waals surface area contributed by atoms with Crippen molar-refractivity contribution < 1.29 is 0 Å². The van der Waals surface area contributed by atoms with E-state index in [1.165, 1.54) is 57.2 Å². The van der Waals surface area contributed by atoms with Crippen LogP contribution in [0.2, 0.25) is 0 Å². The second-order valence-corrected chi connectivity index (χ2v) is 6.33. The van der Waals surface area contributed by atoms with Crippen LogP contribution in [0.4, 0.5) is 0 Å². The van der Waals surface area contributed by atoms with Crippen molar-refractivity contribution in [1.29, 1.82) is 0 Å². The Balaban J connectivity index is 1.39. The summed E-state index contributed by atoms with van der Waals surface area (Å²) in [6, 6.07) is 5.03. The number of pyridine rings is 1. The Kier molecular flexibility index (Phi) is 5.04. The zero-order valence-corrected chi connectivity index (χ0v) is 12.4. The summed E-state index contributed by atoms with van der Waals surface area (Å²) in [6.07, 6.45) is 12.5. The summed E-state index contributed by atoms with van der Waals surface area (Å²) in [7, 11) is 0. The number of nitrogens with zero attached hydrogens (tertiary/aromatic N) is 2. The molecule has 0 aromatic carbocycles. The monoisotopic (exact) mass is 273 g/mol. The van der Waals surface area contributed by atoms with Gasteiger partial charge in [-0.1, -0.05) is 18.9 Å². The molecule has 2 fully saturated rings. The van der Waals surface area contributed by atoms with Crippen LogP contribution in [-0.2, 0) is 6.54 Å². The van der Waals surface area contributed by atoms with E-state index in [9.17, 15) is 0 Å². The molecule has 20 heavy (non-hydrogen) atoms. The highest BCUT2D eigenvalue weighted by Crippen LogP contribution is 2.35. The van der Waals surface area contributed by atoms with Gasteiger partial charge in [0, 0.05) is 38.1 Å². The highest BCUT2D eigenvalue weighted by molar-refractivity contribution is 5.07. The van der Waals surface area contributed by atoms with Crippen LogP contribution in [0.15, 0.2) is 24.5 Å². The minimum Gasteiger partial charge on any atom is -0.311 e. The fourth-order valence-electron chi connectivity index (χ4n) is 3.96. The molecule has 1 aromatic rings. The summed E-state index contributed by atoms with van der Waals surface area (Å²) in [5.74, 6) is 0.996. The number of likely N-dealkylation sites (tertiary alicyclic amines) is 1. The van der Waals surface area contributed by atoms with E-state index in [0.29, 0.717) is 0 Å². The summed E-state index contributed by atoms with van der Waals surface area (Å²) in [5, 5.41) is 3.56. The molecule has 3 heteroatoms. The first kappa shape index (κ1) is 14.0. The standard InChI is InChI=1S/C17H27N3/c1-2-7-16(6-1)17-8-4-11-20(17)12-10-19-14-15-5-3-9-18-13-15/h3,5,9,13,16-17,19H,1-2,4,6-8,10-12,14H2. The Morgan fingerprint density at radius 2 is 2.10 bits per heavy atom. The van der Waals surface area contributed by atoms with E-state index in [-0.39, 0.29) is 0 Å². The topological polar surface area (TPSA) is 28.2 Å². The van der Waals surface area contributed by atoms with Gasteiger partial charge in [-0.2, -0.15) is 0 Å². The molecule has 1 saturated carbocycles. The summed E-state index contributed by atoms with van der Waals surface area (Å²) in [4.78, 5) is 6.90. The average molecular weight is 273 g/mol. The van der Waals surface area contributed by atoms with E-state index < -0.39 is 0 Å². The molecule has 0 spiro atoms. The molecular weight excluding hydrogens is 246 g/mol. The summed E-state index contributed by atoms with van der Waals surface area (Å²) >= 11 is 0. The molecule has 0 radical (unpaired) electrons. The second-order valence-electron chi connectivity index (χ2n) is 6.33. The maximum Gasteiger partial charge on any atom is 0.0312 e. The van der Waals surface area contributed by atoms with Crippen LogP contribution in [0, 0.1) is 5.92 Å². The predicted molar refractivity (Wildman–Crippen MR) is 82.5 cm³/mol. The van der Waals surface area contributed by atoms with Gasteiger partial charge in [-0.3, -0.25) is 9.88 Å². The van der Waals surface area contributed by atoms with Crippen molar-refractivity contribution in [3.05, 3.63) is 30.1 Å². The first-order valence-corrected chi connectivity index (χ1v) is 8.27. The third-order valence-corrected chi connectivity index (χ3v) is 4.99. The van der Waals surface area contributed by atoms with Gasteiger partial charge in [0.25, 0.3) is 0 Å².